The van der Waals surface area contributed by atoms with E-state index in [2.05, 4.69) is 22.0 Å². The molecule has 2 unspecified atom stereocenters. The summed E-state index contributed by atoms with van der Waals surface area (Å²) >= 11 is 1.51. The molecule has 1 aliphatic heterocycles. The normalized spacial score (nSPS) is 22.9. The van der Waals surface area contributed by atoms with Crippen LogP contribution in [0.5, 0.6) is 5.88 Å². The summed E-state index contributed by atoms with van der Waals surface area (Å²) in [6.07, 6.45) is 2.08. The van der Waals surface area contributed by atoms with Crippen molar-refractivity contribution in [3.63, 3.8) is 0 Å². The molecule has 0 amide bonds. The Labute approximate surface area is 121 Å². The van der Waals surface area contributed by atoms with E-state index in [9.17, 15) is 0 Å². The number of hydrogen-bond donors (Lipinski definition) is 0. The van der Waals surface area contributed by atoms with Crippen molar-refractivity contribution in [2.24, 2.45) is 0 Å². The topological polar surface area (TPSA) is 70.3 Å². The molecule has 3 rings (SSSR count). The molecule has 2 atom stereocenters. The minimum absolute atomic E-state index is 0.242. The monoisotopic (exact) mass is 295 g/mol. The van der Waals surface area contributed by atoms with Gasteiger partial charge >= 0.3 is 0 Å². The lowest BCUT2D eigenvalue weighted by Gasteiger charge is -2.24. The molecule has 0 aliphatic carbocycles. The zero-order valence-electron chi connectivity index (χ0n) is 11.8. The molecule has 2 aromatic heterocycles. The average Bonchev–Trinajstić information content (AvgIpc) is 3.05. The van der Waals surface area contributed by atoms with E-state index in [1.54, 1.807) is 7.11 Å². The minimum atomic E-state index is 0.242. The highest BCUT2D eigenvalue weighted by Crippen LogP contribution is 2.33. The molecule has 0 saturated carbocycles. The molecule has 3 heterocycles. The Kier molecular flexibility index (Phi) is 3.71. The first-order valence-electron chi connectivity index (χ1n) is 6.64. The van der Waals surface area contributed by atoms with Crippen molar-refractivity contribution in [2.45, 2.75) is 38.7 Å². The molecule has 1 aliphatic rings. The molecule has 0 radical (unpaired) electrons. The van der Waals surface area contributed by atoms with Gasteiger partial charge in [-0.15, -0.1) is 11.3 Å². The van der Waals surface area contributed by atoms with Crippen molar-refractivity contribution in [1.82, 2.24) is 15.1 Å². The van der Waals surface area contributed by atoms with E-state index in [4.69, 9.17) is 14.0 Å². The molecule has 0 N–H and O–H groups in total. The minimum Gasteiger partial charge on any atom is -0.480 e. The standard InChI is InChI=1S/C13H17N3O3S/c1-7-6-9(4-5-18-7)12-14-10(16-19-12)13-15-11(17-3)8(2)20-13/h7,9H,4-6H2,1-3H3. The highest BCUT2D eigenvalue weighted by molar-refractivity contribution is 7.15. The van der Waals surface area contributed by atoms with Crippen LogP contribution >= 0.6 is 11.3 Å². The van der Waals surface area contributed by atoms with Crippen LogP contribution < -0.4 is 4.74 Å². The maximum atomic E-state index is 5.54. The molecule has 1 fully saturated rings. The maximum Gasteiger partial charge on any atom is 0.231 e. The fourth-order valence-corrected chi connectivity index (χ4v) is 3.19. The predicted octanol–water partition coefficient (Wildman–Crippen LogP) is 2.79. The van der Waals surface area contributed by atoms with Crippen molar-refractivity contribution in [3.05, 3.63) is 10.8 Å². The summed E-state index contributed by atoms with van der Waals surface area (Å²) in [5.74, 6) is 2.12. The van der Waals surface area contributed by atoms with Crippen LogP contribution in [0.4, 0.5) is 0 Å². The van der Waals surface area contributed by atoms with Crippen molar-refractivity contribution >= 4 is 11.3 Å². The van der Waals surface area contributed by atoms with Gasteiger partial charge in [-0.05, 0) is 26.7 Å². The van der Waals surface area contributed by atoms with Gasteiger partial charge in [0.25, 0.3) is 0 Å². The molecular formula is C13H17N3O3S. The van der Waals surface area contributed by atoms with Crippen LogP contribution in [0.3, 0.4) is 0 Å². The average molecular weight is 295 g/mol. The lowest BCUT2D eigenvalue weighted by molar-refractivity contribution is 0.0134. The van der Waals surface area contributed by atoms with Gasteiger partial charge in [-0.2, -0.15) is 9.97 Å². The number of hydrogen-bond acceptors (Lipinski definition) is 7. The van der Waals surface area contributed by atoms with Gasteiger partial charge in [0.1, 0.15) is 0 Å². The zero-order chi connectivity index (χ0) is 14.1. The lowest BCUT2D eigenvalue weighted by Crippen LogP contribution is -2.21. The van der Waals surface area contributed by atoms with Gasteiger partial charge in [-0.3, -0.25) is 0 Å². The van der Waals surface area contributed by atoms with Crippen LogP contribution in [0, 0.1) is 6.92 Å². The number of rotatable bonds is 3. The van der Waals surface area contributed by atoms with Gasteiger partial charge in [0.15, 0.2) is 5.01 Å². The quantitative estimate of drug-likeness (QED) is 0.867. The Morgan fingerprint density at radius 3 is 2.90 bits per heavy atom. The first-order chi connectivity index (χ1) is 9.67. The van der Waals surface area contributed by atoms with Gasteiger partial charge in [0, 0.05) is 12.5 Å². The molecule has 1 saturated heterocycles. The van der Waals surface area contributed by atoms with Crippen LogP contribution in [0.2, 0.25) is 0 Å². The van der Waals surface area contributed by atoms with Gasteiger partial charge in [0.2, 0.25) is 17.6 Å². The van der Waals surface area contributed by atoms with Gasteiger partial charge in [0.05, 0.1) is 18.1 Å². The highest BCUT2D eigenvalue weighted by Gasteiger charge is 2.26. The summed E-state index contributed by atoms with van der Waals surface area (Å²) < 4.78 is 16.1. The lowest BCUT2D eigenvalue weighted by atomic mass is 9.96. The number of aromatic nitrogens is 3. The van der Waals surface area contributed by atoms with E-state index in [1.165, 1.54) is 11.3 Å². The fraction of sp³-hybridized carbons (Fsp3) is 0.615. The summed E-state index contributed by atoms with van der Waals surface area (Å²) in [5, 5.41) is 4.77. The number of ether oxygens (including phenoxy) is 2. The SMILES string of the molecule is COc1nc(-c2noc(C3CCOC(C)C3)n2)sc1C. The van der Waals surface area contributed by atoms with Crippen LogP contribution in [-0.4, -0.2) is 34.9 Å². The predicted molar refractivity (Wildman–Crippen MR) is 74.1 cm³/mol. The number of thiazole rings is 1. The number of nitrogens with zero attached hydrogens (tertiary/aromatic N) is 3. The van der Waals surface area contributed by atoms with E-state index in [1.807, 2.05) is 6.92 Å². The molecular weight excluding hydrogens is 278 g/mol. The molecule has 0 bridgehead atoms. The van der Waals surface area contributed by atoms with Crippen molar-refractivity contribution in [2.75, 3.05) is 13.7 Å². The molecule has 2 aromatic rings. The largest absolute Gasteiger partial charge is 0.480 e. The third-order valence-electron chi connectivity index (χ3n) is 3.41. The van der Waals surface area contributed by atoms with Gasteiger partial charge < -0.3 is 14.0 Å². The molecule has 20 heavy (non-hydrogen) atoms. The van der Waals surface area contributed by atoms with E-state index >= 15 is 0 Å². The number of aryl methyl sites for hydroxylation is 1. The Morgan fingerprint density at radius 1 is 1.35 bits per heavy atom. The third-order valence-corrected chi connectivity index (χ3v) is 4.36. The van der Waals surface area contributed by atoms with Crippen LogP contribution in [0.15, 0.2) is 4.52 Å². The summed E-state index contributed by atoms with van der Waals surface area (Å²) in [5.41, 5.74) is 0. The first kappa shape index (κ1) is 13.5. The smallest absolute Gasteiger partial charge is 0.231 e. The van der Waals surface area contributed by atoms with Crippen LogP contribution in [0.1, 0.15) is 36.5 Å². The van der Waals surface area contributed by atoms with Gasteiger partial charge in [-0.25, -0.2) is 0 Å². The van der Waals surface area contributed by atoms with Gasteiger partial charge in [-0.1, -0.05) is 5.16 Å². The highest BCUT2D eigenvalue weighted by atomic mass is 32.1. The Balaban J connectivity index is 1.82. The Bertz CT molecular complexity index is 595. The van der Waals surface area contributed by atoms with Crippen molar-refractivity contribution in [3.8, 4) is 16.7 Å². The molecule has 108 valence electrons. The Morgan fingerprint density at radius 2 is 2.20 bits per heavy atom. The second-order valence-corrected chi connectivity index (χ2v) is 6.15. The van der Waals surface area contributed by atoms with E-state index in [-0.39, 0.29) is 12.0 Å². The maximum absolute atomic E-state index is 5.54. The summed E-state index contributed by atoms with van der Waals surface area (Å²) in [7, 11) is 1.61. The molecule has 7 heteroatoms. The third kappa shape index (κ3) is 2.55. The van der Waals surface area contributed by atoms with Crippen LogP contribution in [-0.2, 0) is 4.74 Å². The zero-order valence-corrected chi connectivity index (χ0v) is 12.6. The van der Waals surface area contributed by atoms with E-state index in [0.717, 1.165) is 29.3 Å². The fourth-order valence-electron chi connectivity index (χ4n) is 2.38. The second-order valence-electron chi connectivity index (χ2n) is 4.94. The van der Waals surface area contributed by atoms with E-state index < -0.39 is 0 Å². The molecule has 0 aromatic carbocycles. The first-order valence-corrected chi connectivity index (χ1v) is 7.46. The summed E-state index contributed by atoms with van der Waals surface area (Å²) in [4.78, 5) is 9.85. The molecule has 0 spiro atoms. The van der Waals surface area contributed by atoms with Crippen molar-refractivity contribution in [1.29, 1.82) is 0 Å². The Hall–Kier alpha value is -1.47. The summed E-state index contributed by atoms with van der Waals surface area (Å²) in [6.45, 7) is 4.77. The number of methoxy groups -OCH3 is 1. The summed E-state index contributed by atoms with van der Waals surface area (Å²) in [6, 6.07) is 0. The van der Waals surface area contributed by atoms with Crippen LogP contribution in [0.25, 0.3) is 10.8 Å². The van der Waals surface area contributed by atoms with E-state index in [0.29, 0.717) is 17.6 Å². The van der Waals surface area contributed by atoms with Crippen molar-refractivity contribution < 1.29 is 14.0 Å². The second kappa shape index (κ2) is 5.49. The molecule has 6 nitrogen and oxygen atoms in total.